The largest absolute Gasteiger partial charge is 0.316 e. The molecule has 122 valence electrons. The molecule has 2 nitrogen and oxygen atoms in total. The lowest BCUT2D eigenvalue weighted by molar-refractivity contribution is 0.627. The first-order chi connectivity index (χ1) is 11.6. The van der Waals surface area contributed by atoms with E-state index in [1.807, 2.05) is 16.7 Å². The maximum atomic E-state index is 13.3. The fraction of sp³-hybridized carbons (Fsp3) is 0.158. The number of rotatable bonds is 2. The molecule has 0 radical (unpaired) electrons. The number of halogens is 3. The van der Waals surface area contributed by atoms with E-state index >= 15 is 0 Å². The molecular formula is C19H15Cl2FN2. The van der Waals surface area contributed by atoms with Gasteiger partial charge in [0.2, 0.25) is 0 Å². The number of benzene rings is 2. The fourth-order valence-corrected chi connectivity index (χ4v) is 3.48. The van der Waals surface area contributed by atoms with Crippen molar-refractivity contribution in [1.82, 2.24) is 9.88 Å². The van der Waals surface area contributed by atoms with Gasteiger partial charge in [-0.15, -0.1) is 0 Å². The Balaban J connectivity index is 1.98. The summed E-state index contributed by atoms with van der Waals surface area (Å²) >= 11 is 12.5. The summed E-state index contributed by atoms with van der Waals surface area (Å²) in [5, 5.41) is 5.43. The van der Waals surface area contributed by atoms with E-state index in [0.29, 0.717) is 10.0 Å². The van der Waals surface area contributed by atoms with Crippen LogP contribution in [-0.2, 0) is 0 Å². The highest BCUT2D eigenvalue weighted by Gasteiger charge is 2.16. The molecule has 0 unspecified atom stereocenters. The summed E-state index contributed by atoms with van der Waals surface area (Å²) in [5.41, 5.74) is 4.29. The van der Waals surface area contributed by atoms with Gasteiger partial charge in [-0.1, -0.05) is 29.3 Å². The molecule has 1 N–H and O–H groups in total. The van der Waals surface area contributed by atoms with E-state index in [1.54, 1.807) is 12.1 Å². The Kier molecular flexibility index (Phi) is 4.09. The van der Waals surface area contributed by atoms with Gasteiger partial charge < -0.3 is 9.88 Å². The van der Waals surface area contributed by atoms with Crippen LogP contribution >= 0.6 is 23.2 Å². The highest BCUT2D eigenvalue weighted by Crippen LogP contribution is 2.36. The second-order valence-corrected chi connectivity index (χ2v) is 6.67. The van der Waals surface area contributed by atoms with E-state index < -0.39 is 0 Å². The molecule has 4 rings (SSSR count). The second-order valence-electron chi connectivity index (χ2n) is 5.86. The number of hydrogen-bond donors (Lipinski definition) is 1. The average Bonchev–Trinajstić information content (AvgIpc) is 2.95. The Morgan fingerprint density at radius 2 is 1.79 bits per heavy atom. The van der Waals surface area contributed by atoms with Crippen LogP contribution in [0, 0.1) is 5.82 Å². The first-order valence-corrected chi connectivity index (χ1v) is 8.55. The van der Waals surface area contributed by atoms with Gasteiger partial charge in [0.1, 0.15) is 5.82 Å². The van der Waals surface area contributed by atoms with Crippen LogP contribution in [0.5, 0.6) is 0 Å². The van der Waals surface area contributed by atoms with Gasteiger partial charge in [0.05, 0.1) is 15.6 Å². The van der Waals surface area contributed by atoms with Crippen molar-refractivity contribution in [3.8, 4) is 5.69 Å². The number of hydrogen-bond acceptors (Lipinski definition) is 1. The van der Waals surface area contributed by atoms with Crippen molar-refractivity contribution < 1.29 is 4.39 Å². The Morgan fingerprint density at radius 3 is 2.50 bits per heavy atom. The number of fused-ring (bicyclic) bond motifs is 1. The minimum Gasteiger partial charge on any atom is -0.316 e. The van der Waals surface area contributed by atoms with E-state index in [4.69, 9.17) is 23.2 Å². The summed E-state index contributed by atoms with van der Waals surface area (Å²) in [7, 11) is 0. The molecule has 0 saturated heterocycles. The molecule has 0 fully saturated rings. The molecule has 2 heterocycles. The standard InChI is InChI=1S/C19H15Cl2FN2/c20-17-9-15-16(12-5-7-23-8-6-12)11-24(19(15)10-18(17)21)14-3-1-13(22)2-4-14/h1-5,9-11,23H,6-8H2. The Morgan fingerprint density at radius 1 is 1.04 bits per heavy atom. The molecular weight excluding hydrogens is 346 g/mol. The van der Waals surface area contributed by atoms with Crippen LogP contribution in [0.2, 0.25) is 10.0 Å². The van der Waals surface area contributed by atoms with E-state index in [-0.39, 0.29) is 5.82 Å². The van der Waals surface area contributed by atoms with Crippen molar-refractivity contribution >= 4 is 39.7 Å². The molecule has 0 amide bonds. The predicted octanol–water partition coefficient (Wildman–Crippen LogP) is 5.45. The van der Waals surface area contributed by atoms with Gasteiger partial charge in [-0.2, -0.15) is 0 Å². The van der Waals surface area contributed by atoms with E-state index in [2.05, 4.69) is 17.6 Å². The third kappa shape index (κ3) is 2.73. The van der Waals surface area contributed by atoms with Crippen LogP contribution in [0.3, 0.4) is 0 Å². The van der Waals surface area contributed by atoms with E-state index in [1.165, 1.54) is 17.7 Å². The summed E-state index contributed by atoms with van der Waals surface area (Å²) in [6.07, 6.45) is 5.25. The smallest absolute Gasteiger partial charge is 0.123 e. The molecule has 0 atom stereocenters. The first-order valence-electron chi connectivity index (χ1n) is 7.79. The van der Waals surface area contributed by atoms with Crippen molar-refractivity contribution in [3.63, 3.8) is 0 Å². The maximum absolute atomic E-state index is 13.3. The summed E-state index contributed by atoms with van der Waals surface area (Å²) in [4.78, 5) is 0. The molecule has 0 spiro atoms. The molecule has 2 aromatic carbocycles. The quantitative estimate of drug-likeness (QED) is 0.642. The SMILES string of the molecule is Fc1ccc(-n2cc(C3=CCNCC3)c3cc(Cl)c(Cl)cc32)cc1. The van der Waals surface area contributed by atoms with Gasteiger partial charge in [-0.3, -0.25) is 0 Å². The normalized spacial score (nSPS) is 14.9. The molecule has 3 aromatic rings. The zero-order valence-corrected chi connectivity index (χ0v) is 14.3. The molecule has 1 aromatic heterocycles. The fourth-order valence-electron chi connectivity index (χ4n) is 3.16. The minimum absolute atomic E-state index is 0.252. The van der Waals surface area contributed by atoms with Gasteiger partial charge in [0, 0.05) is 29.4 Å². The Labute approximate surface area is 149 Å². The van der Waals surface area contributed by atoms with Crippen LogP contribution in [0.4, 0.5) is 4.39 Å². The van der Waals surface area contributed by atoms with Crippen molar-refractivity contribution in [1.29, 1.82) is 0 Å². The van der Waals surface area contributed by atoms with Gasteiger partial charge in [0.15, 0.2) is 0 Å². The first kappa shape index (κ1) is 15.7. The number of nitrogens with zero attached hydrogens (tertiary/aromatic N) is 1. The lowest BCUT2D eigenvalue weighted by atomic mass is 10.00. The number of nitrogens with one attached hydrogen (secondary N) is 1. The zero-order chi connectivity index (χ0) is 16.7. The molecule has 0 aliphatic carbocycles. The molecule has 24 heavy (non-hydrogen) atoms. The summed E-state index contributed by atoms with van der Waals surface area (Å²) in [5.74, 6) is -0.252. The van der Waals surface area contributed by atoms with Gasteiger partial charge in [-0.25, -0.2) is 4.39 Å². The average molecular weight is 361 g/mol. The third-order valence-electron chi connectivity index (χ3n) is 4.36. The van der Waals surface area contributed by atoms with Crippen LogP contribution in [0.25, 0.3) is 22.2 Å². The van der Waals surface area contributed by atoms with Crippen molar-refractivity contribution in [2.24, 2.45) is 0 Å². The molecule has 0 saturated carbocycles. The third-order valence-corrected chi connectivity index (χ3v) is 5.08. The molecule has 1 aliphatic heterocycles. The van der Waals surface area contributed by atoms with Crippen molar-refractivity contribution in [2.45, 2.75) is 6.42 Å². The predicted molar refractivity (Wildman–Crippen MR) is 98.7 cm³/mol. The lowest BCUT2D eigenvalue weighted by Gasteiger charge is -2.13. The van der Waals surface area contributed by atoms with Crippen molar-refractivity contribution in [2.75, 3.05) is 13.1 Å². The van der Waals surface area contributed by atoms with E-state index in [9.17, 15) is 4.39 Å². The highest BCUT2D eigenvalue weighted by atomic mass is 35.5. The minimum atomic E-state index is -0.252. The molecule has 1 aliphatic rings. The Hall–Kier alpha value is -1.81. The highest BCUT2D eigenvalue weighted by molar-refractivity contribution is 6.42. The topological polar surface area (TPSA) is 17.0 Å². The van der Waals surface area contributed by atoms with Crippen molar-refractivity contribution in [3.05, 3.63) is 70.1 Å². The van der Waals surface area contributed by atoms with Crippen LogP contribution in [-0.4, -0.2) is 17.7 Å². The van der Waals surface area contributed by atoms with Crippen LogP contribution in [0.15, 0.2) is 48.7 Å². The lowest BCUT2D eigenvalue weighted by Crippen LogP contribution is -2.19. The van der Waals surface area contributed by atoms with E-state index in [0.717, 1.165) is 41.7 Å². The number of aromatic nitrogens is 1. The summed E-state index contributed by atoms with van der Waals surface area (Å²) in [6, 6.07) is 10.2. The summed E-state index contributed by atoms with van der Waals surface area (Å²) < 4.78 is 15.3. The van der Waals surface area contributed by atoms with Crippen LogP contribution < -0.4 is 5.32 Å². The monoisotopic (exact) mass is 360 g/mol. The summed E-state index contributed by atoms with van der Waals surface area (Å²) in [6.45, 7) is 1.82. The molecule has 0 bridgehead atoms. The van der Waals surface area contributed by atoms with Crippen LogP contribution in [0.1, 0.15) is 12.0 Å². The zero-order valence-electron chi connectivity index (χ0n) is 12.8. The Bertz CT molecular complexity index is 942. The second kappa shape index (κ2) is 6.25. The van der Waals surface area contributed by atoms with Gasteiger partial charge in [-0.05, 0) is 54.9 Å². The maximum Gasteiger partial charge on any atom is 0.123 e. The molecule has 5 heteroatoms. The van der Waals surface area contributed by atoms with Gasteiger partial charge >= 0.3 is 0 Å². The van der Waals surface area contributed by atoms with Gasteiger partial charge in [0.25, 0.3) is 0 Å².